The Bertz CT molecular complexity index is 743. The molecule has 5 heteroatoms. The molecule has 0 unspecified atom stereocenters. The molecule has 142 valence electrons. The number of carbonyl (C=O) groups excluding carboxylic acids is 1. The van der Waals surface area contributed by atoms with E-state index in [1.165, 1.54) is 0 Å². The van der Waals surface area contributed by atoms with Gasteiger partial charge in [-0.15, -0.1) is 0 Å². The van der Waals surface area contributed by atoms with E-state index < -0.39 is 0 Å². The summed E-state index contributed by atoms with van der Waals surface area (Å²) in [5.74, 6) is 0.121. The third kappa shape index (κ3) is 4.37. The fourth-order valence-corrected chi connectivity index (χ4v) is 4.09. The predicted octanol–water partition coefficient (Wildman–Crippen LogP) is 2.63. The van der Waals surface area contributed by atoms with Crippen LogP contribution in [-0.4, -0.2) is 65.6 Å². The molecule has 2 fully saturated rings. The number of nitrogens with zero attached hydrogens (tertiary/aromatic N) is 3. The summed E-state index contributed by atoms with van der Waals surface area (Å²) in [6, 6.07) is 15.7. The molecule has 0 N–H and O–H groups in total. The molecule has 1 aromatic carbocycles. The molecule has 5 nitrogen and oxygen atoms in total. The Balaban J connectivity index is 1.31. The number of pyridine rings is 1. The van der Waals surface area contributed by atoms with Crippen molar-refractivity contribution in [2.45, 2.75) is 24.9 Å². The second-order valence-electron chi connectivity index (χ2n) is 7.54. The van der Waals surface area contributed by atoms with Gasteiger partial charge >= 0.3 is 0 Å². The van der Waals surface area contributed by atoms with E-state index in [4.69, 9.17) is 4.74 Å². The Hall–Kier alpha value is -2.24. The Kier molecular flexibility index (Phi) is 5.50. The Labute approximate surface area is 161 Å². The topological polar surface area (TPSA) is 45.7 Å². The number of piperidine rings is 1. The Morgan fingerprint density at radius 3 is 2.56 bits per heavy atom. The van der Waals surface area contributed by atoms with Gasteiger partial charge in [-0.25, -0.2) is 0 Å². The second kappa shape index (κ2) is 8.19. The predicted molar refractivity (Wildman–Crippen MR) is 105 cm³/mol. The molecule has 0 bridgehead atoms. The first-order valence-electron chi connectivity index (χ1n) is 9.85. The molecule has 1 spiro atoms. The number of aromatic nitrogens is 1. The fourth-order valence-electron chi connectivity index (χ4n) is 4.09. The Morgan fingerprint density at radius 2 is 1.81 bits per heavy atom. The first kappa shape index (κ1) is 18.1. The first-order valence-corrected chi connectivity index (χ1v) is 9.85. The average molecular weight is 365 g/mol. The molecule has 2 aliphatic rings. The van der Waals surface area contributed by atoms with Crippen molar-refractivity contribution in [2.24, 2.45) is 0 Å². The molecule has 1 amide bonds. The molecule has 0 aliphatic carbocycles. The maximum absolute atomic E-state index is 12.8. The van der Waals surface area contributed by atoms with Crippen molar-refractivity contribution in [2.75, 3.05) is 39.3 Å². The third-order valence-electron chi connectivity index (χ3n) is 5.73. The summed E-state index contributed by atoms with van der Waals surface area (Å²) in [4.78, 5) is 21.7. The molecule has 2 aliphatic heterocycles. The van der Waals surface area contributed by atoms with Crippen molar-refractivity contribution >= 4 is 5.91 Å². The summed E-state index contributed by atoms with van der Waals surface area (Å²) >= 11 is 0. The van der Waals surface area contributed by atoms with Crippen LogP contribution in [0.4, 0.5) is 0 Å². The van der Waals surface area contributed by atoms with Gasteiger partial charge in [-0.3, -0.25) is 9.78 Å². The van der Waals surface area contributed by atoms with Crippen LogP contribution in [0.3, 0.4) is 0 Å². The molecule has 2 saturated heterocycles. The maximum Gasteiger partial charge on any atom is 0.254 e. The smallest absolute Gasteiger partial charge is 0.254 e. The highest BCUT2D eigenvalue weighted by Crippen LogP contribution is 2.30. The van der Waals surface area contributed by atoms with Gasteiger partial charge in [0, 0.05) is 50.1 Å². The minimum Gasteiger partial charge on any atom is -0.371 e. The Morgan fingerprint density at radius 1 is 1.04 bits per heavy atom. The lowest BCUT2D eigenvalue weighted by Gasteiger charge is -2.47. The van der Waals surface area contributed by atoms with Crippen molar-refractivity contribution in [1.29, 1.82) is 0 Å². The maximum atomic E-state index is 12.8. The van der Waals surface area contributed by atoms with Crippen LogP contribution in [0.1, 0.15) is 28.9 Å². The van der Waals surface area contributed by atoms with Crippen LogP contribution in [0.25, 0.3) is 0 Å². The highest BCUT2D eigenvalue weighted by atomic mass is 16.5. The van der Waals surface area contributed by atoms with E-state index in [0.717, 1.165) is 50.2 Å². The number of hydrogen-bond donors (Lipinski definition) is 0. The van der Waals surface area contributed by atoms with Gasteiger partial charge in [0.25, 0.3) is 5.91 Å². The zero-order valence-electron chi connectivity index (χ0n) is 15.7. The zero-order chi connectivity index (χ0) is 18.5. The number of rotatable bonds is 4. The van der Waals surface area contributed by atoms with Crippen LogP contribution in [-0.2, 0) is 11.2 Å². The van der Waals surface area contributed by atoms with Crippen molar-refractivity contribution in [3.63, 3.8) is 0 Å². The zero-order valence-corrected chi connectivity index (χ0v) is 15.7. The van der Waals surface area contributed by atoms with Gasteiger partial charge < -0.3 is 14.5 Å². The number of carbonyl (C=O) groups is 1. The number of morpholine rings is 1. The summed E-state index contributed by atoms with van der Waals surface area (Å²) in [7, 11) is 0. The van der Waals surface area contributed by atoms with Crippen LogP contribution >= 0.6 is 0 Å². The average Bonchev–Trinajstić information content (AvgIpc) is 2.74. The molecule has 0 atom stereocenters. The summed E-state index contributed by atoms with van der Waals surface area (Å²) in [6.45, 7) is 5.07. The van der Waals surface area contributed by atoms with E-state index in [1.54, 1.807) is 0 Å². The SMILES string of the molecule is O=C(c1ccccc1)N1CCOC2(CCN(CCc3ccccn3)CC2)C1. The lowest BCUT2D eigenvalue weighted by molar-refractivity contribution is -0.127. The lowest BCUT2D eigenvalue weighted by Crippen LogP contribution is -2.58. The van der Waals surface area contributed by atoms with Crippen molar-refractivity contribution in [3.8, 4) is 0 Å². The number of ether oxygens (including phenoxy) is 1. The molecule has 0 saturated carbocycles. The largest absolute Gasteiger partial charge is 0.371 e. The van der Waals surface area contributed by atoms with E-state index in [9.17, 15) is 4.79 Å². The summed E-state index contributed by atoms with van der Waals surface area (Å²) < 4.78 is 6.20. The minimum atomic E-state index is -0.176. The summed E-state index contributed by atoms with van der Waals surface area (Å²) in [5, 5.41) is 0. The van der Waals surface area contributed by atoms with Gasteiger partial charge in [-0.05, 0) is 37.1 Å². The van der Waals surface area contributed by atoms with Gasteiger partial charge in [-0.2, -0.15) is 0 Å². The van der Waals surface area contributed by atoms with Crippen molar-refractivity contribution in [1.82, 2.24) is 14.8 Å². The first-order chi connectivity index (χ1) is 13.2. The van der Waals surface area contributed by atoms with Gasteiger partial charge in [0.15, 0.2) is 0 Å². The van der Waals surface area contributed by atoms with Gasteiger partial charge in [0.1, 0.15) is 0 Å². The molecular formula is C22H27N3O2. The van der Waals surface area contributed by atoms with E-state index >= 15 is 0 Å². The quantitative estimate of drug-likeness (QED) is 0.836. The second-order valence-corrected chi connectivity index (χ2v) is 7.54. The molecule has 2 aromatic rings. The summed E-state index contributed by atoms with van der Waals surface area (Å²) in [6.07, 6.45) is 4.80. The number of benzene rings is 1. The molecule has 1 aromatic heterocycles. The molecule has 4 rings (SSSR count). The van der Waals surface area contributed by atoms with Crippen molar-refractivity contribution < 1.29 is 9.53 Å². The van der Waals surface area contributed by atoms with E-state index in [2.05, 4.69) is 16.0 Å². The van der Waals surface area contributed by atoms with Gasteiger partial charge in [0.2, 0.25) is 0 Å². The van der Waals surface area contributed by atoms with Crippen LogP contribution in [0.2, 0.25) is 0 Å². The van der Waals surface area contributed by atoms with E-state index in [-0.39, 0.29) is 11.5 Å². The van der Waals surface area contributed by atoms with Crippen LogP contribution in [0.5, 0.6) is 0 Å². The van der Waals surface area contributed by atoms with Gasteiger partial charge in [-0.1, -0.05) is 24.3 Å². The molecule has 3 heterocycles. The monoisotopic (exact) mass is 365 g/mol. The molecular weight excluding hydrogens is 338 g/mol. The highest BCUT2D eigenvalue weighted by molar-refractivity contribution is 5.94. The third-order valence-corrected chi connectivity index (χ3v) is 5.73. The number of likely N-dealkylation sites (tertiary alicyclic amines) is 1. The number of amides is 1. The standard InChI is InChI=1S/C22H27N3O2/c26-21(19-6-2-1-3-7-19)25-16-17-27-22(18-25)10-14-24(15-11-22)13-9-20-8-4-5-12-23-20/h1-8,12H,9-11,13-18H2. The van der Waals surface area contributed by atoms with Crippen molar-refractivity contribution in [3.05, 3.63) is 66.0 Å². The van der Waals surface area contributed by atoms with E-state index in [0.29, 0.717) is 19.7 Å². The van der Waals surface area contributed by atoms with Crippen LogP contribution in [0, 0.1) is 0 Å². The van der Waals surface area contributed by atoms with Gasteiger partial charge in [0.05, 0.1) is 18.8 Å². The molecule has 27 heavy (non-hydrogen) atoms. The van der Waals surface area contributed by atoms with Crippen LogP contribution in [0.15, 0.2) is 54.7 Å². The molecule has 0 radical (unpaired) electrons. The number of hydrogen-bond acceptors (Lipinski definition) is 4. The summed E-state index contributed by atoms with van der Waals surface area (Å²) in [5.41, 5.74) is 1.73. The lowest BCUT2D eigenvalue weighted by atomic mass is 9.89. The highest BCUT2D eigenvalue weighted by Gasteiger charge is 2.40. The fraction of sp³-hybridized carbons (Fsp3) is 0.455. The minimum absolute atomic E-state index is 0.121. The van der Waals surface area contributed by atoms with Crippen LogP contribution < -0.4 is 0 Å². The normalized spacial score (nSPS) is 19.9. The van der Waals surface area contributed by atoms with E-state index in [1.807, 2.05) is 53.6 Å².